The van der Waals surface area contributed by atoms with Crippen molar-refractivity contribution in [3.05, 3.63) is 77.9 Å². The molecule has 0 amide bonds. The molecule has 5 aromatic rings. The fraction of sp³-hybridized carbons (Fsp3) is 0. The number of nitriles is 2. The topological polar surface area (TPSA) is 69.8 Å². The van der Waals surface area contributed by atoms with Gasteiger partial charge in [0.15, 0.2) is 0 Å². The largest absolute Gasteiger partial charge is 0.276 e. The molecule has 0 saturated heterocycles. The summed E-state index contributed by atoms with van der Waals surface area (Å²) in [6, 6.07) is 25.4. The zero-order valence-electron chi connectivity index (χ0n) is 13.6. The Morgan fingerprint density at radius 3 is 2.00 bits per heavy atom. The monoisotopic (exact) mass is 333 g/mol. The lowest BCUT2D eigenvalue weighted by Gasteiger charge is -2.09. The van der Waals surface area contributed by atoms with E-state index in [1.54, 1.807) is 18.2 Å². The fourth-order valence-electron chi connectivity index (χ4n) is 3.54. The molecule has 0 unspecified atom stereocenters. The Morgan fingerprint density at radius 1 is 0.692 bits per heavy atom. The second-order valence-corrected chi connectivity index (χ2v) is 5.99. The minimum absolute atomic E-state index is 0.444. The van der Waals surface area contributed by atoms with Gasteiger partial charge in [0.1, 0.15) is 12.1 Å². The van der Waals surface area contributed by atoms with E-state index in [0.717, 1.165) is 22.1 Å². The van der Waals surface area contributed by atoms with Gasteiger partial charge in [-0.3, -0.25) is 8.97 Å². The Hall–Kier alpha value is -4.09. The number of nitrogens with zero attached hydrogens (tertiary/aromatic N) is 5. The molecule has 3 aromatic carbocycles. The maximum Gasteiger partial charge on any atom is 0.220 e. The summed E-state index contributed by atoms with van der Waals surface area (Å²) in [6.45, 7) is 0. The molecule has 0 spiro atoms. The van der Waals surface area contributed by atoms with Crippen molar-refractivity contribution in [2.75, 3.05) is 0 Å². The van der Waals surface area contributed by atoms with Gasteiger partial charge < -0.3 is 0 Å². The lowest BCUT2D eigenvalue weighted by molar-refractivity contribution is 1.09. The molecule has 0 aliphatic rings. The molecule has 0 radical (unpaired) electrons. The third-order valence-corrected chi connectivity index (χ3v) is 4.61. The maximum atomic E-state index is 9.62. The second kappa shape index (κ2) is 5.20. The molecule has 0 atom stereocenters. The lowest BCUT2D eigenvalue weighted by Crippen LogP contribution is -2.01. The van der Waals surface area contributed by atoms with Crippen molar-refractivity contribution in [1.29, 1.82) is 10.5 Å². The Kier molecular flexibility index (Phi) is 2.86. The predicted octanol–water partition coefficient (Wildman–Crippen LogP) is 4.17. The van der Waals surface area contributed by atoms with Crippen LogP contribution < -0.4 is 0 Å². The Bertz CT molecular complexity index is 1370. The van der Waals surface area contributed by atoms with E-state index in [2.05, 4.69) is 16.5 Å². The fourth-order valence-corrected chi connectivity index (χ4v) is 3.54. The van der Waals surface area contributed by atoms with Crippen LogP contribution in [0.4, 0.5) is 0 Å². The van der Waals surface area contributed by atoms with Gasteiger partial charge in [0.05, 0.1) is 38.9 Å². The van der Waals surface area contributed by atoms with Gasteiger partial charge >= 0.3 is 0 Å². The summed E-state index contributed by atoms with van der Waals surface area (Å²) in [6.07, 6.45) is 0. The van der Waals surface area contributed by atoms with E-state index in [1.165, 1.54) is 0 Å². The Labute approximate surface area is 148 Å². The van der Waals surface area contributed by atoms with E-state index < -0.39 is 0 Å². The minimum atomic E-state index is 0.444. The maximum absolute atomic E-state index is 9.62. The Balaban J connectivity index is 2.08. The van der Waals surface area contributed by atoms with Crippen LogP contribution in [0.3, 0.4) is 0 Å². The third kappa shape index (κ3) is 1.74. The van der Waals surface area contributed by atoms with Crippen LogP contribution in [-0.4, -0.2) is 14.0 Å². The van der Waals surface area contributed by atoms with Crippen molar-refractivity contribution in [2.45, 2.75) is 0 Å². The Morgan fingerprint density at radius 2 is 1.31 bits per heavy atom. The molecule has 5 rings (SSSR count). The molecule has 2 aromatic heterocycles. The van der Waals surface area contributed by atoms with Crippen molar-refractivity contribution in [1.82, 2.24) is 14.0 Å². The van der Waals surface area contributed by atoms with Gasteiger partial charge in [-0.15, -0.1) is 0 Å². The summed E-state index contributed by atoms with van der Waals surface area (Å²) < 4.78 is 3.98. The smallest absolute Gasteiger partial charge is 0.220 e. The summed E-state index contributed by atoms with van der Waals surface area (Å²) in [4.78, 5) is 4.79. The molecule has 0 fully saturated rings. The van der Waals surface area contributed by atoms with Crippen LogP contribution in [0.2, 0.25) is 0 Å². The van der Waals surface area contributed by atoms with Crippen molar-refractivity contribution < 1.29 is 0 Å². The molecular formula is C21H11N5. The zero-order valence-corrected chi connectivity index (χ0v) is 13.6. The SMILES string of the molecule is N#Cc1cccc(C#N)c1-n1c2ccccc2n2c3ccccc3nc12. The van der Waals surface area contributed by atoms with Gasteiger partial charge in [0.25, 0.3) is 0 Å². The highest BCUT2D eigenvalue weighted by Crippen LogP contribution is 2.31. The summed E-state index contributed by atoms with van der Waals surface area (Å²) in [5, 5.41) is 19.2. The number of hydrogen-bond donors (Lipinski definition) is 0. The van der Waals surface area contributed by atoms with E-state index in [4.69, 9.17) is 4.98 Å². The highest BCUT2D eigenvalue weighted by atomic mass is 15.2. The molecule has 5 nitrogen and oxygen atoms in total. The lowest BCUT2D eigenvalue weighted by atomic mass is 10.1. The zero-order chi connectivity index (χ0) is 17.7. The van der Waals surface area contributed by atoms with Crippen molar-refractivity contribution in [2.24, 2.45) is 0 Å². The van der Waals surface area contributed by atoms with Gasteiger partial charge in [0, 0.05) is 0 Å². The number of imidazole rings is 2. The minimum Gasteiger partial charge on any atom is -0.276 e. The first-order valence-electron chi connectivity index (χ1n) is 8.13. The molecule has 0 bridgehead atoms. The molecule has 0 aliphatic heterocycles. The van der Waals surface area contributed by atoms with Crippen LogP contribution in [0.25, 0.3) is 33.5 Å². The summed E-state index contributed by atoms with van der Waals surface area (Å²) in [5.41, 5.74) is 5.20. The van der Waals surface area contributed by atoms with E-state index in [9.17, 15) is 10.5 Å². The summed E-state index contributed by atoms with van der Waals surface area (Å²) in [5.74, 6) is 0.687. The third-order valence-electron chi connectivity index (χ3n) is 4.61. The van der Waals surface area contributed by atoms with Gasteiger partial charge in [-0.1, -0.05) is 30.3 Å². The second-order valence-electron chi connectivity index (χ2n) is 5.99. The van der Waals surface area contributed by atoms with E-state index in [0.29, 0.717) is 22.6 Å². The number of fused-ring (bicyclic) bond motifs is 5. The van der Waals surface area contributed by atoms with Gasteiger partial charge in [-0.25, -0.2) is 4.98 Å². The normalized spacial score (nSPS) is 11.0. The number of hydrogen-bond acceptors (Lipinski definition) is 3. The van der Waals surface area contributed by atoms with Crippen LogP contribution in [0.1, 0.15) is 11.1 Å². The van der Waals surface area contributed by atoms with Crippen LogP contribution in [-0.2, 0) is 0 Å². The van der Waals surface area contributed by atoms with E-state index in [1.807, 2.05) is 53.1 Å². The predicted molar refractivity (Wildman–Crippen MR) is 99.0 cm³/mol. The van der Waals surface area contributed by atoms with Gasteiger partial charge in [-0.2, -0.15) is 10.5 Å². The molecule has 0 N–H and O–H groups in total. The highest BCUT2D eigenvalue weighted by Gasteiger charge is 2.20. The molecule has 5 heteroatoms. The number of rotatable bonds is 1. The molecule has 0 aliphatic carbocycles. The van der Waals surface area contributed by atoms with E-state index in [-0.39, 0.29) is 0 Å². The van der Waals surface area contributed by atoms with E-state index >= 15 is 0 Å². The quantitative estimate of drug-likeness (QED) is 0.462. The molecule has 0 saturated carbocycles. The highest BCUT2D eigenvalue weighted by molar-refractivity contribution is 5.92. The number of benzene rings is 3. The van der Waals surface area contributed by atoms with Gasteiger partial charge in [0.2, 0.25) is 5.78 Å². The molecular weight excluding hydrogens is 322 g/mol. The average molecular weight is 333 g/mol. The molecule has 120 valence electrons. The number of aromatic nitrogens is 3. The first-order valence-corrected chi connectivity index (χ1v) is 8.13. The van der Waals surface area contributed by atoms with Crippen molar-refractivity contribution >= 4 is 27.8 Å². The van der Waals surface area contributed by atoms with Gasteiger partial charge in [-0.05, 0) is 36.4 Å². The van der Waals surface area contributed by atoms with Crippen LogP contribution >= 0.6 is 0 Å². The summed E-state index contributed by atoms with van der Waals surface area (Å²) in [7, 11) is 0. The molecule has 2 heterocycles. The first kappa shape index (κ1) is 14.3. The average Bonchev–Trinajstić information content (AvgIpc) is 3.21. The standard InChI is InChI=1S/C21H11N5/c22-12-14-6-5-7-15(13-23)20(14)26-19-11-4-3-10-18(19)25-17-9-2-1-8-16(17)24-21(25)26/h1-11H. The van der Waals surface area contributed by atoms with Crippen molar-refractivity contribution in [3.8, 4) is 17.8 Å². The molecule has 26 heavy (non-hydrogen) atoms. The van der Waals surface area contributed by atoms with Crippen LogP contribution in [0, 0.1) is 22.7 Å². The van der Waals surface area contributed by atoms with Crippen LogP contribution in [0.5, 0.6) is 0 Å². The summed E-state index contributed by atoms with van der Waals surface area (Å²) >= 11 is 0. The first-order chi connectivity index (χ1) is 12.8. The van der Waals surface area contributed by atoms with Crippen molar-refractivity contribution in [3.63, 3.8) is 0 Å². The number of para-hydroxylation sites is 5. The van der Waals surface area contributed by atoms with Crippen LogP contribution in [0.15, 0.2) is 66.7 Å².